The third kappa shape index (κ3) is 35.0. The summed E-state index contributed by atoms with van der Waals surface area (Å²) in [6.45, 7) is 0. The number of nitrogens with one attached hydrogen (secondary N) is 1. The number of rotatable bonds is 0. The van der Waals surface area contributed by atoms with Crippen LogP contribution >= 0.6 is 9.39 Å². The van der Waals surface area contributed by atoms with Gasteiger partial charge in [-0.3, -0.25) is 0 Å². The Morgan fingerprint density at radius 3 is 2.00 bits per heavy atom. The molecule has 0 spiro atoms. The van der Waals surface area contributed by atoms with Gasteiger partial charge in [0.15, 0.2) is 0 Å². The first-order chi connectivity index (χ1) is 1.73. The van der Waals surface area contributed by atoms with E-state index in [9.17, 15) is 5.21 Å². The van der Waals surface area contributed by atoms with Crippen LogP contribution < -0.4 is 4.83 Å². The van der Waals surface area contributed by atoms with Gasteiger partial charge in [-0.05, 0) is 0 Å². The maximum Gasteiger partial charge on any atom is 0.0732 e. The number of hydrogen-bond acceptors (Lipinski definition) is 1. The Bertz CT molecular complexity index is 12.8. The van der Waals surface area contributed by atoms with Crippen molar-refractivity contribution in [1.29, 1.82) is 0 Å². The van der Waals surface area contributed by atoms with E-state index in [0.717, 1.165) is 0 Å². The molecule has 1 N–H and O–H groups in total. The van der Waals surface area contributed by atoms with Gasteiger partial charge in [-0.1, -0.05) is 0 Å². The molecule has 0 aliphatic rings. The molecule has 2 atom stereocenters. The van der Waals surface area contributed by atoms with Gasteiger partial charge in [-0.2, -0.15) is 0 Å². The summed E-state index contributed by atoms with van der Waals surface area (Å²) in [6, 6.07) is 0. The molecule has 0 amide bonds. The predicted molar refractivity (Wildman–Crippen MR) is 20.0 cm³/mol. The Kier molecular flexibility index (Phi) is 1.79. The van der Waals surface area contributed by atoms with Gasteiger partial charge >= 0.3 is 0 Å². The number of hydrogen-bond donors (Lipinski definition) is 1. The van der Waals surface area contributed by atoms with Crippen LogP contribution in [0, 0.1) is 5.21 Å². The summed E-state index contributed by atoms with van der Waals surface area (Å²) < 4.78 is 0. The molecule has 26 valence electrons. The topological polar surface area (TPSA) is 27.5 Å². The van der Waals surface area contributed by atoms with Gasteiger partial charge in [0.05, 0.1) is 16.4 Å². The van der Waals surface area contributed by atoms with Crippen LogP contribution in [0.4, 0.5) is 0 Å². The van der Waals surface area contributed by atoms with Gasteiger partial charge in [0.2, 0.25) is 0 Å². The van der Waals surface area contributed by atoms with Crippen LogP contribution in [0.2, 0.25) is 0 Å². The fourth-order valence-electron chi connectivity index (χ4n) is 0. The predicted octanol–water partition coefficient (Wildman–Crippen LogP) is -1.21. The van der Waals surface area contributed by atoms with Crippen LogP contribution in [0.1, 0.15) is 0 Å². The molecule has 0 saturated heterocycles. The molecule has 4 heavy (non-hydrogen) atoms. The zero-order valence-corrected chi connectivity index (χ0v) is 3.64. The smallest absolute Gasteiger partial charge is 0.0732 e. The molecule has 0 fully saturated rings. The van der Waals surface area contributed by atoms with E-state index in [2.05, 4.69) is 0 Å². The van der Waals surface area contributed by atoms with Crippen molar-refractivity contribution < 1.29 is 4.83 Å². The van der Waals surface area contributed by atoms with Gasteiger partial charge in [-0.15, -0.1) is 0 Å². The van der Waals surface area contributed by atoms with Gasteiger partial charge in [0.1, 0.15) is 0 Å². The fourth-order valence-corrected chi connectivity index (χ4v) is 0. The molecule has 0 aromatic carbocycles. The second kappa shape index (κ2) is 1.65. The normalized spacial score (nSPS) is 15.8. The van der Waals surface area contributed by atoms with E-state index in [4.69, 9.17) is 0 Å². The zero-order valence-electron chi connectivity index (χ0n) is 2.49. The lowest BCUT2D eigenvalue weighted by Crippen LogP contribution is -2.92. The third-order valence-corrected chi connectivity index (χ3v) is 0. The second-order valence-electron chi connectivity index (χ2n) is 0.611. The van der Waals surface area contributed by atoms with Crippen molar-refractivity contribution in [2.24, 2.45) is 0 Å². The molecule has 0 saturated carbocycles. The van der Waals surface area contributed by atoms with Crippen LogP contribution in [0.15, 0.2) is 0 Å². The first kappa shape index (κ1) is 4.35. The van der Waals surface area contributed by atoms with Gasteiger partial charge in [-0.25, -0.2) is 0 Å². The maximum absolute atomic E-state index is 9.41. The summed E-state index contributed by atoms with van der Waals surface area (Å²) in [4.78, 5) is 0.0833. The molecule has 0 heterocycles. The lowest BCUT2D eigenvalue weighted by molar-refractivity contribution is -0.671. The lowest BCUT2D eigenvalue weighted by atomic mass is 11.6. The van der Waals surface area contributed by atoms with E-state index in [1.165, 1.54) is 7.05 Å². The van der Waals surface area contributed by atoms with Crippen LogP contribution in [0.3, 0.4) is 0 Å². The summed E-state index contributed by atoms with van der Waals surface area (Å²) in [5.74, 6) is 0. The Hall–Kier alpha value is 0.350. The van der Waals surface area contributed by atoms with Crippen molar-refractivity contribution in [1.82, 2.24) is 0 Å². The van der Waals surface area contributed by atoms with Crippen molar-refractivity contribution in [2.75, 3.05) is 7.05 Å². The van der Waals surface area contributed by atoms with Crippen molar-refractivity contribution >= 4 is 9.39 Å². The molecular formula is CH6NOP. The van der Waals surface area contributed by atoms with E-state index in [1.807, 2.05) is 9.39 Å². The molecule has 2 unspecified atom stereocenters. The quantitative estimate of drug-likeness (QED) is 0.286. The molecule has 0 aromatic rings. The molecular weight excluding hydrogens is 73.0 g/mol. The highest BCUT2D eigenvalue weighted by molar-refractivity contribution is 7.07. The van der Waals surface area contributed by atoms with E-state index < -0.39 is 0 Å². The molecule has 0 rings (SSSR count). The van der Waals surface area contributed by atoms with Crippen LogP contribution in [0.25, 0.3) is 0 Å². The summed E-state index contributed by atoms with van der Waals surface area (Å²) in [5, 5.41) is 9.41. The average Bonchev–Trinajstić information content (AvgIpc) is 0.811. The molecule has 2 nitrogen and oxygen atoms in total. The summed E-state index contributed by atoms with van der Waals surface area (Å²) in [5.41, 5.74) is 0. The highest BCUT2D eigenvalue weighted by atomic mass is 31.0. The standard InChI is InChI=1S/CH6NOP/c1-2(3)4/h2H,4H2,1H3. The van der Waals surface area contributed by atoms with Crippen molar-refractivity contribution in [3.05, 3.63) is 5.21 Å². The minimum Gasteiger partial charge on any atom is -0.634 e. The third-order valence-electron chi connectivity index (χ3n) is 0. The van der Waals surface area contributed by atoms with E-state index >= 15 is 0 Å². The zero-order chi connectivity index (χ0) is 3.58. The fraction of sp³-hybridized carbons (Fsp3) is 1.00. The summed E-state index contributed by atoms with van der Waals surface area (Å²) in [6.07, 6.45) is 0. The Morgan fingerprint density at radius 1 is 2.00 bits per heavy atom. The molecule has 0 radical (unpaired) electrons. The SMILES string of the molecule is C[NH+]([O-])P. The highest BCUT2D eigenvalue weighted by Crippen LogP contribution is 1.38. The monoisotopic (exact) mass is 79.0 g/mol. The van der Waals surface area contributed by atoms with Crippen molar-refractivity contribution in [2.45, 2.75) is 0 Å². The molecule has 0 aromatic heterocycles. The van der Waals surface area contributed by atoms with Gasteiger partial charge < -0.3 is 10.0 Å². The van der Waals surface area contributed by atoms with Gasteiger partial charge in [0.25, 0.3) is 0 Å². The van der Waals surface area contributed by atoms with E-state index in [1.54, 1.807) is 0 Å². The molecule has 0 bridgehead atoms. The van der Waals surface area contributed by atoms with E-state index in [-0.39, 0.29) is 4.83 Å². The lowest BCUT2D eigenvalue weighted by Gasteiger charge is -2.03. The van der Waals surface area contributed by atoms with Crippen molar-refractivity contribution in [3.63, 3.8) is 0 Å². The molecule has 3 heteroatoms. The summed E-state index contributed by atoms with van der Waals surface area (Å²) in [7, 11) is 3.51. The maximum atomic E-state index is 9.41. The second-order valence-corrected chi connectivity index (χ2v) is 1.42. The Morgan fingerprint density at radius 2 is 2.00 bits per heavy atom. The first-order valence-corrected chi connectivity index (χ1v) is 1.57. The highest BCUT2D eigenvalue weighted by Gasteiger charge is 1.50. The largest absolute Gasteiger partial charge is 0.634 e. The Balaban J connectivity index is 2.32. The Labute approximate surface area is 27.6 Å². The molecule has 0 aliphatic carbocycles. The first-order valence-electron chi connectivity index (χ1n) is 0.993. The number of quaternary nitrogens is 1. The minimum absolute atomic E-state index is 0.0833. The molecule has 0 aliphatic heterocycles. The van der Waals surface area contributed by atoms with Gasteiger partial charge in [0, 0.05) is 0 Å². The minimum atomic E-state index is 0.0833. The van der Waals surface area contributed by atoms with Crippen LogP contribution in [-0.4, -0.2) is 7.05 Å². The summed E-state index contributed by atoms with van der Waals surface area (Å²) >= 11 is 0. The van der Waals surface area contributed by atoms with Crippen molar-refractivity contribution in [3.8, 4) is 0 Å². The average molecular weight is 79.0 g/mol. The van der Waals surface area contributed by atoms with E-state index in [0.29, 0.717) is 0 Å². The van der Waals surface area contributed by atoms with Crippen LogP contribution in [0.5, 0.6) is 0 Å². The number of hydroxylamine groups is 1. The van der Waals surface area contributed by atoms with Crippen LogP contribution in [-0.2, 0) is 0 Å².